The van der Waals surface area contributed by atoms with Gasteiger partial charge in [0.1, 0.15) is 11.5 Å². The van der Waals surface area contributed by atoms with E-state index in [0.717, 1.165) is 84.7 Å². The van der Waals surface area contributed by atoms with Gasteiger partial charge in [0.15, 0.2) is 0 Å². The number of aliphatic hydroxyl groups is 2. The highest BCUT2D eigenvalue weighted by Crippen LogP contribution is 2.34. The highest BCUT2D eigenvalue weighted by molar-refractivity contribution is 5.51. The lowest BCUT2D eigenvalue weighted by Crippen LogP contribution is -2.01. The summed E-state index contributed by atoms with van der Waals surface area (Å²) in [5, 5.41) is 40.4. The van der Waals surface area contributed by atoms with Crippen molar-refractivity contribution in [1.82, 2.24) is 0 Å². The zero-order valence-corrected chi connectivity index (χ0v) is 19.3. The van der Waals surface area contributed by atoms with Gasteiger partial charge in [-0.15, -0.1) is 0 Å². The van der Waals surface area contributed by atoms with Crippen molar-refractivity contribution < 1.29 is 20.4 Å². The van der Waals surface area contributed by atoms with Crippen LogP contribution in [-0.4, -0.2) is 33.6 Å². The predicted molar refractivity (Wildman–Crippen MR) is 127 cm³/mol. The van der Waals surface area contributed by atoms with Crippen molar-refractivity contribution >= 4 is 0 Å². The summed E-state index contributed by atoms with van der Waals surface area (Å²) in [5.74, 6) is 0.660. The second kappa shape index (κ2) is 13.4. The summed E-state index contributed by atoms with van der Waals surface area (Å²) in [7, 11) is 0. The number of aryl methyl sites for hydroxylation is 4. The van der Waals surface area contributed by atoms with E-state index in [2.05, 4.69) is 26.0 Å². The average molecular weight is 429 g/mol. The molecule has 0 fully saturated rings. The van der Waals surface area contributed by atoms with E-state index >= 15 is 0 Å². The number of benzene rings is 2. The number of hydrogen-bond donors (Lipinski definition) is 4. The number of unbranched alkanes of at least 4 members (excludes halogenated alkanes) is 2. The van der Waals surface area contributed by atoms with E-state index in [1.165, 1.54) is 0 Å². The van der Waals surface area contributed by atoms with Gasteiger partial charge >= 0.3 is 0 Å². The molecule has 0 unspecified atom stereocenters. The first-order chi connectivity index (χ1) is 15.0. The van der Waals surface area contributed by atoms with E-state index in [9.17, 15) is 20.4 Å². The topological polar surface area (TPSA) is 80.9 Å². The van der Waals surface area contributed by atoms with Crippen LogP contribution in [0.15, 0.2) is 24.3 Å². The van der Waals surface area contributed by atoms with Crippen molar-refractivity contribution in [3.63, 3.8) is 0 Å². The Hall–Kier alpha value is -2.04. The summed E-state index contributed by atoms with van der Waals surface area (Å²) < 4.78 is 0. The van der Waals surface area contributed by atoms with Crippen molar-refractivity contribution in [2.24, 2.45) is 0 Å². The fraction of sp³-hybridized carbons (Fsp3) is 0.556. The molecule has 0 saturated heterocycles. The summed E-state index contributed by atoms with van der Waals surface area (Å²) >= 11 is 0. The molecule has 4 heteroatoms. The molecule has 4 N–H and O–H groups in total. The molecule has 0 amide bonds. The molecule has 0 aliphatic heterocycles. The predicted octanol–water partition coefficient (Wildman–Crippen LogP) is 5.22. The molecular formula is C27H40O4. The Labute approximate surface area is 187 Å². The lowest BCUT2D eigenvalue weighted by molar-refractivity contribution is 0.288. The number of phenols is 2. The first-order valence-electron chi connectivity index (χ1n) is 11.9. The van der Waals surface area contributed by atoms with E-state index < -0.39 is 0 Å². The standard InChI is InChI=1S/C27H40O4/c1-3-5-11-22-15-20(9-7-13-28)17-24(26(22)30)19-25-18-21(10-8-14-29)16-23(27(25)31)12-6-4-2/h15-18,28-31H,3-14,19H2,1-2H3. The molecule has 0 aliphatic rings. The molecule has 0 radical (unpaired) electrons. The quantitative estimate of drug-likeness (QED) is 0.332. The monoisotopic (exact) mass is 428 g/mol. The van der Waals surface area contributed by atoms with Crippen molar-refractivity contribution in [3.8, 4) is 11.5 Å². The minimum absolute atomic E-state index is 0.148. The van der Waals surface area contributed by atoms with Crippen molar-refractivity contribution in [3.05, 3.63) is 57.6 Å². The number of aliphatic hydroxyl groups excluding tert-OH is 2. The van der Waals surface area contributed by atoms with Crippen LogP contribution in [0.5, 0.6) is 11.5 Å². The molecule has 2 aromatic rings. The zero-order valence-electron chi connectivity index (χ0n) is 19.3. The molecule has 2 aromatic carbocycles. The van der Waals surface area contributed by atoms with Crippen LogP contribution in [0.1, 0.15) is 85.8 Å². The van der Waals surface area contributed by atoms with Gasteiger partial charge in [0.2, 0.25) is 0 Å². The SMILES string of the molecule is CCCCc1cc(CCCO)cc(Cc2cc(CCCO)cc(CCCC)c2O)c1O. The van der Waals surface area contributed by atoms with Gasteiger partial charge in [-0.05, 0) is 84.7 Å². The Balaban J connectivity index is 2.43. The molecule has 0 atom stereocenters. The highest BCUT2D eigenvalue weighted by Gasteiger charge is 2.15. The Bertz CT molecular complexity index is 746. The summed E-state index contributed by atoms with van der Waals surface area (Å²) in [5.41, 5.74) is 5.81. The molecule has 0 aliphatic carbocycles. The number of phenolic OH excluding ortho intramolecular Hbond substituents is 2. The maximum absolute atomic E-state index is 11.0. The smallest absolute Gasteiger partial charge is 0.122 e. The van der Waals surface area contributed by atoms with Crippen LogP contribution in [0.3, 0.4) is 0 Å². The Morgan fingerprint density at radius 1 is 0.548 bits per heavy atom. The third-order valence-electron chi connectivity index (χ3n) is 5.88. The fourth-order valence-electron chi connectivity index (χ4n) is 4.11. The first kappa shape index (κ1) is 25.2. The summed E-state index contributed by atoms with van der Waals surface area (Å²) in [6, 6.07) is 8.17. The molecule has 0 saturated carbocycles. The summed E-state index contributed by atoms with van der Waals surface area (Å²) in [4.78, 5) is 0. The van der Waals surface area contributed by atoms with Crippen LogP contribution in [0.25, 0.3) is 0 Å². The Morgan fingerprint density at radius 3 is 1.29 bits per heavy atom. The van der Waals surface area contributed by atoms with Crippen LogP contribution in [-0.2, 0) is 32.1 Å². The van der Waals surface area contributed by atoms with Crippen LogP contribution in [0, 0.1) is 0 Å². The van der Waals surface area contributed by atoms with Crippen molar-refractivity contribution in [1.29, 1.82) is 0 Å². The van der Waals surface area contributed by atoms with Gasteiger partial charge < -0.3 is 20.4 Å². The Morgan fingerprint density at radius 2 is 0.935 bits per heavy atom. The summed E-state index contributed by atoms with van der Waals surface area (Å²) in [6.45, 7) is 4.58. The van der Waals surface area contributed by atoms with Crippen LogP contribution < -0.4 is 0 Å². The second-order valence-electron chi connectivity index (χ2n) is 8.56. The Kier molecular flexibility index (Phi) is 10.9. The third kappa shape index (κ3) is 7.55. The van der Waals surface area contributed by atoms with Gasteiger partial charge in [0.25, 0.3) is 0 Å². The van der Waals surface area contributed by atoms with Crippen molar-refractivity contribution in [2.45, 2.75) is 84.5 Å². The van der Waals surface area contributed by atoms with Crippen LogP contribution >= 0.6 is 0 Å². The fourth-order valence-corrected chi connectivity index (χ4v) is 4.11. The van der Waals surface area contributed by atoms with E-state index in [-0.39, 0.29) is 13.2 Å². The van der Waals surface area contributed by atoms with Crippen LogP contribution in [0.2, 0.25) is 0 Å². The van der Waals surface area contributed by atoms with Crippen LogP contribution in [0.4, 0.5) is 0 Å². The minimum Gasteiger partial charge on any atom is -0.507 e. The largest absolute Gasteiger partial charge is 0.507 e. The molecule has 31 heavy (non-hydrogen) atoms. The van der Waals surface area contributed by atoms with Gasteiger partial charge in [-0.3, -0.25) is 0 Å². The summed E-state index contributed by atoms with van der Waals surface area (Å²) in [6.07, 6.45) is 9.20. The molecule has 0 bridgehead atoms. The number of hydrogen-bond acceptors (Lipinski definition) is 4. The third-order valence-corrected chi connectivity index (χ3v) is 5.88. The maximum atomic E-state index is 11.0. The van der Waals surface area contributed by atoms with Gasteiger partial charge in [0.05, 0.1) is 0 Å². The van der Waals surface area contributed by atoms with Gasteiger partial charge in [-0.1, -0.05) is 51.0 Å². The van der Waals surface area contributed by atoms with Gasteiger partial charge in [-0.2, -0.15) is 0 Å². The van der Waals surface area contributed by atoms with E-state index in [1.54, 1.807) is 0 Å². The molecule has 0 aromatic heterocycles. The molecule has 4 nitrogen and oxygen atoms in total. The number of aromatic hydroxyl groups is 2. The second-order valence-corrected chi connectivity index (χ2v) is 8.56. The molecule has 0 spiro atoms. The maximum Gasteiger partial charge on any atom is 0.122 e. The molecule has 2 rings (SSSR count). The van der Waals surface area contributed by atoms with Gasteiger partial charge in [-0.25, -0.2) is 0 Å². The molecule has 172 valence electrons. The molecular weight excluding hydrogens is 388 g/mol. The zero-order chi connectivity index (χ0) is 22.6. The van der Waals surface area contributed by atoms with E-state index in [4.69, 9.17) is 0 Å². The van der Waals surface area contributed by atoms with Gasteiger partial charge in [0, 0.05) is 19.6 Å². The molecule has 0 heterocycles. The lowest BCUT2D eigenvalue weighted by atomic mass is 9.91. The van der Waals surface area contributed by atoms with Crippen molar-refractivity contribution in [2.75, 3.05) is 13.2 Å². The average Bonchev–Trinajstić information content (AvgIpc) is 2.77. The minimum atomic E-state index is 0.148. The van der Waals surface area contributed by atoms with E-state index in [0.29, 0.717) is 30.8 Å². The first-order valence-corrected chi connectivity index (χ1v) is 11.9. The number of rotatable bonds is 14. The highest BCUT2D eigenvalue weighted by atomic mass is 16.3. The normalized spacial score (nSPS) is 11.2. The lowest BCUT2D eigenvalue weighted by Gasteiger charge is -2.16. The van der Waals surface area contributed by atoms with E-state index in [1.807, 2.05) is 12.1 Å².